The molecule has 0 bridgehead atoms. The second-order valence-electron chi connectivity index (χ2n) is 4.09. The van der Waals surface area contributed by atoms with Gasteiger partial charge in [0.25, 0.3) is 5.78 Å². The van der Waals surface area contributed by atoms with Crippen molar-refractivity contribution in [3.8, 4) is 5.75 Å². The summed E-state index contributed by atoms with van der Waals surface area (Å²) in [6.45, 7) is 1.33. The van der Waals surface area contributed by atoms with E-state index in [2.05, 4.69) is 0 Å². The number of hydrogen-bond donors (Lipinski definition) is 1. The molecule has 0 radical (unpaired) electrons. The van der Waals surface area contributed by atoms with Crippen LogP contribution in [0.15, 0.2) is 24.3 Å². The zero-order chi connectivity index (χ0) is 13.0. The number of carbonyl (C=O) groups is 2. The maximum Gasteiger partial charge on any atom is 0.377 e. The second kappa shape index (κ2) is 5.64. The lowest BCUT2D eigenvalue weighted by Crippen LogP contribution is -2.26. The van der Waals surface area contributed by atoms with Crippen molar-refractivity contribution in [2.75, 3.05) is 13.2 Å². The van der Waals surface area contributed by atoms with Crippen molar-refractivity contribution < 1.29 is 24.2 Å². The first-order chi connectivity index (χ1) is 8.66. The molecule has 0 atom stereocenters. The van der Waals surface area contributed by atoms with Gasteiger partial charge in [-0.05, 0) is 12.1 Å². The van der Waals surface area contributed by atoms with E-state index in [0.717, 1.165) is 12.8 Å². The number of rotatable bonds is 4. The summed E-state index contributed by atoms with van der Waals surface area (Å²) in [4.78, 5) is 21.9. The molecule has 1 aromatic rings. The van der Waals surface area contributed by atoms with Crippen molar-refractivity contribution >= 4 is 11.8 Å². The van der Waals surface area contributed by atoms with Gasteiger partial charge in [-0.15, -0.1) is 0 Å². The molecule has 0 amide bonds. The normalized spacial score (nSPS) is 16.2. The van der Waals surface area contributed by atoms with Gasteiger partial charge in [0, 0.05) is 18.4 Å². The maximum atomic E-state index is 11.3. The molecular formula is C13H14O5. The molecule has 1 saturated heterocycles. The fourth-order valence-electron chi connectivity index (χ4n) is 1.82. The average molecular weight is 250 g/mol. The largest absolute Gasteiger partial charge is 0.490 e. The van der Waals surface area contributed by atoms with Gasteiger partial charge >= 0.3 is 5.97 Å². The van der Waals surface area contributed by atoms with Crippen molar-refractivity contribution in [1.82, 2.24) is 0 Å². The SMILES string of the molecule is O=C(O)C(=O)c1cccc(OC2CCOCC2)c1. The first kappa shape index (κ1) is 12.6. The summed E-state index contributed by atoms with van der Waals surface area (Å²) in [6.07, 6.45) is 1.67. The first-order valence-electron chi connectivity index (χ1n) is 5.79. The zero-order valence-corrected chi connectivity index (χ0v) is 9.80. The Morgan fingerprint density at radius 3 is 2.67 bits per heavy atom. The molecule has 1 N–H and O–H groups in total. The van der Waals surface area contributed by atoms with Crippen molar-refractivity contribution in [2.24, 2.45) is 0 Å². The van der Waals surface area contributed by atoms with E-state index in [9.17, 15) is 9.59 Å². The maximum absolute atomic E-state index is 11.3. The topological polar surface area (TPSA) is 72.8 Å². The molecule has 0 spiro atoms. The third-order valence-corrected chi connectivity index (χ3v) is 2.76. The van der Waals surface area contributed by atoms with Crippen molar-refractivity contribution in [2.45, 2.75) is 18.9 Å². The van der Waals surface area contributed by atoms with E-state index in [1.807, 2.05) is 0 Å². The number of hydrogen-bond acceptors (Lipinski definition) is 4. The van der Waals surface area contributed by atoms with Crippen LogP contribution in [-0.4, -0.2) is 36.2 Å². The van der Waals surface area contributed by atoms with Crippen LogP contribution in [0, 0.1) is 0 Å². The van der Waals surface area contributed by atoms with Gasteiger partial charge in [0.15, 0.2) is 0 Å². The molecule has 0 saturated carbocycles. The summed E-state index contributed by atoms with van der Waals surface area (Å²) in [5.41, 5.74) is 0.132. The molecule has 0 unspecified atom stereocenters. The highest BCUT2D eigenvalue weighted by Gasteiger charge is 2.18. The van der Waals surface area contributed by atoms with E-state index in [0.29, 0.717) is 19.0 Å². The second-order valence-corrected chi connectivity index (χ2v) is 4.09. The Kier molecular flexibility index (Phi) is 3.94. The predicted molar refractivity (Wildman–Crippen MR) is 62.9 cm³/mol. The molecule has 1 aliphatic heterocycles. The number of benzene rings is 1. The van der Waals surface area contributed by atoms with Gasteiger partial charge in [-0.3, -0.25) is 4.79 Å². The van der Waals surface area contributed by atoms with Crippen LogP contribution in [0.2, 0.25) is 0 Å². The van der Waals surface area contributed by atoms with Crippen LogP contribution in [0.3, 0.4) is 0 Å². The Balaban J connectivity index is 2.07. The minimum Gasteiger partial charge on any atom is -0.490 e. The van der Waals surface area contributed by atoms with Crippen LogP contribution in [0.5, 0.6) is 5.75 Å². The van der Waals surface area contributed by atoms with E-state index in [-0.39, 0.29) is 11.7 Å². The Morgan fingerprint density at radius 1 is 1.28 bits per heavy atom. The van der Waals surface area contributed by atoms with E-state index in [4.69, 9.17) is 14.6 Å². The van der Waals surface area contributed by atoms with Crippen molar-refractivity contribution in [3.63, 3.8) is 0 Å². The van der Waals surface area contributed by atoms with Crippen LogP contribution in [0.25, 0.3) is 0 Å². The summed E-state index contributed by atoms with van der Waals surface area (Å²) in [5.74, 6) is -1.86. The molecule has 1 aromatic carbocycles. The molecule has 1 aliphatic rings. The monoisotopic (exact) mass is 250 g/mol. The van der Waals surface area contributed by atoms with Gasteiger partial charge < -0.3 is 14.6 Å². The average Bonchev–Trinajstić information content (AvgIpc) is 2.39. The lowest BCUT2D eigenvalue weighted by Gasteiger charge is -2.23. The number of ketones is 1. The summed E-state index contributed by atoms with van der Waals surface area (Å²) < 4.78 is 10.9. The van der Waals surface area contributed by atoms with Crippen LogP contribution in [0.4, 0.5) is 0 Å². The first-order valence-corrected chi connectivity index (χ1v) is 5.79. The number of carboxylic acid groups (broad SMARTS) is 1. The molecule has 2 rings (SSSR count). The highest BCUT2D eigenvalue weighted by Crippen LogP contribution is 2.19. The number of carboxylic acids is 1. The summed E-state index contributed by atoms with van der Waals surface area (Å²) in [5, 5.41) is 8.64. The van der Waals surface area contributed by atoms with E-state index < -0.39 is 11.8 Å². The van der Waals surface area contributed by atoms with Gasteiger partial charge in [0.1, 0.15) is 11.9 Å². The van der Waals surface area contributed by atoms with Crippen molar-refractivity contribution in [1.29, 1.82) is 0 Å². The lowest BCUT2D eigenvalue weighted by molar-refractivity contribution is -0.131. The van der Waals surface area contributed by atoms with Gasteiger partial charge in [0.2, 0.25) is 0 Å². The predicted octanol–water partition coefficient (Wildman–Crippen LogP) is 1.51. The number of Topliss-reactive ketones (excluding diaryl/α,β-unsaturated/α-hetero) is 1. The van der Waals surface area contributed by atoms with E-state index in [1.165, 1.54) is 12.1 Å². The van der Waals surface area contributed by atoms with Gasteiger partial charge in [-0.2, -0.15) is 0 Å². The summed E-state index contributed by atoms with van der Waals surface area (Å²) >= 11 is 0. The highest BCUT2D eigenvalue weighted by molar-refractivity contribution is 6.39. The van der Waals surface area contributed by atoms with Gasteiger partial charge in [0.05, 0.1) is 13.2 Å². The molecule has 1 heterocycles. The Bertz CT molecular complexity index is 448. The van der Waals surface area contributed by atoms with Crippen LogP contribution in [0.1, 0.15) is 23.2 Å². The minimum atomic E-state index is -1.46. The smallest absolute Gasteiger partial charge is 0.377 e. The molecule has 0 aromatic heterocycles. The lowest BCUT2D eigenvalue weighted by atomic mass is 10.1. The van der Waals surface area contributed by atoms with Crippen molar-refractivity contribution in [3.05, 3.63) is 29.8 Å². The summed E-state index contributed by atoms with van der Waals surface area (Å²) in [6, 6.07) is 6.26. The van der Waals surface area contributed by atoms with Crippen LogP contribution < -0.4 is 4.74 Å². The van der Waals surface area contributed by atoms with Gasteiger partial charge in [-0.1, -0.05) is 12.1 Å². The molecule has 96 valence electrons. The molecule has 0 aliphatic carbocycles. The minimum absolute atomic E-state index is 0.0638. The molecule has 1 fully saturated rings. The third-order valence-electron chi connectivity index (χ3n) is 2.76. The number of carbonyl (C=O) groups excluding carboxylic acids is 1. The standard InChI is InChI=1S/C13H14O5/c14-12(13(15)16)9-2-1-3-11(8-9)18-10-4-6-17-7-5-10/h1-3,8,10H,4-7H2,(H,15,16). The molecular weight excluding hydrogens is 236 g/mol. The summed E-state index contributed by atoms with van der Waals surface area (Å²) in [7, 11) is 0. The zero-order valence-electron chi connectivity index (χ0n) is 9.80. The number of ether oxygens (including phenoxy) is 2. The van der Waals surface area contributed by atoms with E-state index >= 15 is 0 Å². The van der Waals surface area contributed by atoms with Crippen LogP contribution >= 0.6 is 0 Å². The molecule has 5 heteroatoms. The molecule has 5 nitrogen and oxygen atoms in total. The van der Waals surface area contributed by atoms with E-state index in [1.54, 1.807) is 12.1 Å². The molecule has 18 heavy (non-hydrogen) atoms. The Hall–Kier alpha value is -1.88. The number of aliphatic carboxylic acids is 1. The Morgan fingerprint density at radius 2 is 2.00 bits per heavy atom. The quantitative estimate of drug-likeness (QED) is 0.647. The third kappa shape index (κ3) is 3.07. The van der Waals surface area contributed by atoms with Gasteiger partial charge in [-0.25, -0.2) is 4.79 Å². The van der Waals surface area contributed by atoms with Crippen LogP contribution in [-0.2, 0) is 9.53 Å². The Labute approximate surface area is 104 Å². The highest BCUT2D eigenvalue weighted by atomic mass is 16.5. The fraction of sp³-hybridized carbons (Fsp3) is 0.385. The fourth-order valence-corrected chi connectivity index (χ4v) is 1.82.